The van der Waals surface area contributed by atoms with Gasteiger partial charge >= 0.3 is 0 Å². The fourth-order valence-electron chi connectivity index (χ4n) is 2.02. The highest BCUT2D eigenvalue weighted by molar-refractivity contribution is 5.96. The summed E-state index contributed by atoms with van der Waals surface area (Å²) in [6.07, 6.45) is 1.55. The van der Waals surface area contributed by atoms with Crippen LogP contribution in [0.2, 0.25) is 0 Å². The van der Waals surface area contributed by atoms with E-state index in [-0.39, 0.29) is 23.9 Å². The Bertz CT molecular complexity index is 291. The minimum Gasteiger partial charge on any atom is -0.343 e. The van der Waals surface area contributed by atoms with Crippen molar-refractivity contribution in [1.29, 1.82) is 0 Å². The van der Waals surface area contributed by atoms with E-state index >= 15 is 0 Å². The number of rotatable bonds is 5. The third-order valence-electron chi connectivity index (χ3n) is 3.16. The molecule has 1 N–H and O–H groups in total. The number of carbonyl (C=O) groups excluding carboxylic acids is 2. The second-order valence-electron chi connectivity index (χ2n) is 4.83. The first-order valence-electron chi connectivity index (χ1n) is 6.23. The van der Waals surface area contributed by atoms with Gasteiger partial charge in [0.05, 0.1) is 0 Å². The lowest BCUT2D eigenvalue weighted by Gasteiger charge is -2.37. The lowest BCUT2D eigenvalue weighted by atomic mass is 10.1. The van der Waals surface area contributed by atoms with Gasteiger partial charge in [-0.05, 0) is 40.4 Å². The molecule has 0 bridgehead atoms. The first-order valence-corrected chi connectivity index (χ1v) is 6.23. The maximum atomic E-state index is 12.1. The molecule has 1 saturated heterocycles. The van der Waals surface area contributed by atoms with Gasteiger partial charge in [0.1, 0.15) is 12.1 Å². The van der Waals surface area contributed by atoms with Gasteiger partial charge in [0, 0.05) is 6.54 Å². The molecule has 1 fully saturated rings. The van der Waals surface area contributed by atoms with E-state index in [1.165, 1.54) is 0 Å². The van der Waals surface area contributed by atoms with Crippen molar-refractivity contribution in [2.24, 2.45) is 0 Å². The highest BCUT2D eigenvalue weighted by Crippen LogP contribution is 2.12. The number of amides is 2. The minimum atomic E-state index is -0.340. The van der Waals surface area contributed by atoms with Crippen LogP contribution in [0.1, 0.15) is 26.7 Å². The zero-order valence-corrected chi connectivity index (χ0v) is 11.2. The van der Waals surface area contributed by atoms with Gasteiger partial charge in [-0.2, -0.15) is 0 Å². The average Bonchev–Trinajstić information content (AvgIpc) is 2.27. The molecule has 0 aromatic heterocycles. The van der Waals surface area contributed by atoms with Crippen LogP contribution in [0.5, 0.6) is 0 Å². The molecule has 1 aliphatic rings. The van der Waals surface area contributed by atoms with Gasteiger partial charge < -0.3 is 15.1 Å². The van der Waals surface area contributed by atoms with Gasteiger partial charge in [-0.1, -0.05) is 6.92 Å². The van der Waals surface area contributed by atoms with Gasteiger partial charge in [-0.15, -0.1) is 0 Å². The fourth-order valence-corrected chi connectivity index (χ4v) is 2.02. The summed E-state index contributed by atoms with van der Waals surface area (Å²) in [6, 6.07) is -0.675. The van der Waals surface area contributed by atoms with Crippen molar-refractivity contribution in [3.05, 3.63) is 0 Å². The Labute approximate surface area is 103 Å². The Kier molecular flexibility index (Phi) is 4.93. The molecule has 0 spiro atoms. The molecule has 17 heavy (non-hydrogen) atoms. The molecule has 0 aliphatic carbocycles. The largest absolute Gasteiger partial charge is 0.343 e. The molecule has 0 radical (unpaired) electrons. The Morgan fingerprint density at radius 1 is 1.35 bits per heavy atom. The summed E-state index contributed by atoms with van der Waals surface area (Å²) in [5, 5.41) is 2.75. The molecule has 98 valence electrons. The van der Waals surface area contributed by atoms with Crippen molar-refractivity contribution in [2.75, 3.05) is 27.2 Å². The van der Waals surface area contributed by atoms with Crippen LogP contribution < -0.4 is 5.32 Å². The van der Waals surface area contributed by atoms with Crippen LogP contribution in [0.15, 0.2) is 0 Å². The van der Waals surface area contributed by atoms with Crippen molar-refractivity contribution >= 4 is 11.8 Å². The number of hydrogen-bond acceptors (Lipinski definition) is 3. The van der Waals surface area contributed by atoms with Gasteiger partial charge in [-0.3, -0.25) is 9.59 Å². The number of nitrogens with one attached hydrogen (secondary N) is 1. The zero-order chi connectivity index (χ0) is 13.0. The van der Waals surface area contributed by atoms with E-state index < -0.39 is 0 Å². The summed E-state index contributed by atoms with van der Waals surface area (Å²) in [5.74, 6) is 0.0136. The third kappa shape index (κ3) is 3.43. The first-order chi connectivity index (χ1) is 7.97. The second kappa shape index (κ2) is 6.00. The van der Waals surface area contributed by atoms with Crippen molar-refractivity contribution in [3.8, 4) is 0 Å². The standard InChI is InChI=1S/C12H23N3O2/c1-5-10-12(17)15(8-6-7-14(3)4)9(2)11(16)13-10/h9-10H,5-8H2,1-4H3,(H,13,16). The molecule has 2 amide bonds. The van der Waals surface area contributed by atoms with Crippen LogP contribution in [0.4, 0.5) is 0 Å². The lowest BCUT2D eigenvalue weighted by Crippen LogP contribution is -2.62. The van der Waals surface area contributed by atoms with Gasteiger partial charge in [0.2, 0.25) is 11.8 Å². The quantitative estimate of drug-likeness (QED) is 0.741. The maximum absolute atomic E-state index is 12.1. The Hall–Kier alpha value is -1.10. The summed E-state index contributed by atoms with van der Waals surface area (Å²) in [6.45, 7) is 5.28. The van der Waals surface area contributed by atoms with Gasteiger partial charge in [0.15, 0.2) is 0 Å². The summed E-state index contributed by atoms with van der Waals surface area (Å²) in [5.41, 5.74) is 0. The van der Waals surface area contributed by atoms with E-state index in [0.717, 1.165) is 13.0 Å². The van der Waals surface area contributed by atoms with Crippen molar-refractivity contribution < 1.29 is 9.59 Å². The normalized spacial score (nSPS) is 25.4. The molecule has 1 aliphatic heterocycles. The average molecular weight is 241 g/mol. The third-order valence-corrected chi connectivity index (χ3v) is 3.16. The van der Waals surface area contributed by atoms with Crippen LogP contribution in [0.3, 0.4) is 0 Å². The monoisotopic (exact) mass is 241 g/mol. The van der Waals surface area contributed by atoms with E-state index in [4.69, 9.17) is 0 Å². The minimum absolute atomic E-state index is 0.0405. The summed E-state index contributed by atoms with van der Waals surface area (Å²) in [4.78, 5) is 27.6. The predicted molar refractivity (Wildman–Crippen MR) is 66.6 cm³/mol. The van der Waals surface area contributed by atoms with E-state index in [9.17, 15) is 9.59 Å². The molecule has 0 aromatic carbocycles. The van der Waals surface area contributed by atoms with Gasteiger partial charge in [-0.25, -0.2) is 0 Å². The molecule has 1 rings (SSSR count). The number of carbonyl (C=O) groups is 2. The SMILES string of the molecule is CCC1NC(=O)C(C)N(CCCN(C)C)C1=O. The fraction of sp³-hybridized carbons (Fsp3) is 0.833. The number of piperazine rings is 1. The summed E-state index contributed by atoms with van der Waals surface area (Å²) >= 11 is 0. The highest BCUT2D eigenvalue weighted by Gasteiger charge is 2.36. The summed E-state index contributed by atoms with van der Waals surface area (Å²) < 4.78 is 0. The van der Waals surface area contributed by atoms with E-state index in [0.29, 0.717) is 13.0 Å². The predicted octanol–water partition coefficient (Wildman–Crippen LogP) is 0.0636. The van der Waals surface area contributed by atoms with E-state index in [1.807, 2.05) is 21.0 Å². The van der Waals surface area contributed by atoms with Crippen molar-refractivity contribution in [2.45, 2.75) is 38.8 Å². The zero-order valence-electron chi connectivity index (χ0n) is 11.2. The topological polar surface area (TPSA) is 52.7 Å². The molecule has 0 saturated carbocycles. The van der Waals surface area contributed by atoms with Crippen LogP contribution in [0, 0.1) is 0 Å². The molecule has 2 atom stereocenters. The Morgan fingerprint density at radius 3 is 2.53 bits per heavy atom. The smallest absolute Gasteiger partial charge is 0.245 e. The first kappa shape index (κ1) is 14.0. The van der Waals surface area contributed by atoms with Crippen LogP contribution in [0.25, 0.3) is 0 Å². The van der Waals surface area contributed by atoms with Crippen LogP contribution in [-0.4, -0.2) is 60.9 Å². The highest BCUT2D eigenvalue weighted by atomic mass is 16.2. The maximum Gasteiger partial charge on any atom is 0.245 e. The molecule has 1 heterocycles. The Balaban J connectivity index is 2.59. The molecule has 5 heteroatoms. The van der Waals surface area contributed by atoms with Crippen molar-refractivity contribution in [1.82, 2.24) is 15.1 Å². The van der Waals surface area contributed by atoms with E-state index in [2.05, 4.69) is 10.2 Å². The molecule has 5 nitrogen and oxygen atoms in total. The molecule has 0 aromatic rings. The Morgan fingerprint density at radius 2 is 2.00 bits per heavy atom. The summed E-state index contributed by atoms with van der Waals surface area (Å²) in [7, 11) is 4.01. The molecular formula is C12H23N3O2. The van der Waals surface area contributed by atoms with Crippen LogP contribution in [-0.2, 0) is 9.59 Å². The number of nitrogens with zero attached hydrogens (tertiary/aromatic N) is 2. The number of hydrogen-bond donors (Lipinski definition) is 1. The lowest BCUT2D eigenvalue weighted by molar-refractivity contribution is -0.148. The van der Waals surface area contributed by atoms with E-state index in [1.54, 1.807) is 11.8 Å². The van der Waals surface area contributed by atoms with Gasteiger partial charge in [0.25, 0.3) is 0 Å². The molecule has 2 unspecified atom stereocenters. The molecular weight excluding hydrogens is 218 g/mol. The van der Waals surface area contributed by atoms with Crippen molar-refractivity contribution in [3.63, 3.8) is 0 Å². The van der Waals surface area contributed by atoms with Crippen LogP contribution >= 0.6 is 0 Å². The second-order valence-corrected chi connectivity index (χ2v) is 4.83.